The standard InChI is InChI=1S/C17H25F3N2.2ClH/c1-12-10-13(2)16(14(3)11-12)15(4-5-17(18,19)20)22-8-6-21-7-9-22;;/h10-11,15,21H,4-9H2,1-3H3;2*1H/t15-;;/m0../s1. The summed E-state index contributed by atoms with van der Waals surface area (Å²) >= 11 is 0. The Balaban J connectivity index is 0.00000264. The van der Waals surface area contributed by atoms with E-state index in [4.69, 9.17) is 0 Å². The van der Waals surface area contributed by atoms with Crippen molar-refractivity contribution in [2.24, 2.45) is 0 Å². The minimum absolute atomic E-state index is 0. The Labute approximate surface area is 155 Å². The zero-order chi connectivity index (χ0) is 16.3. The molecule has 1 heterocycles. The average Bonchev–Trinajstić information content (AvgIpc) is 2.41. The summed E-state index contributed by atoms with van der Waals surface area (Å²) in [6.07, 6.45) is -4.69. The van der Waals surface area contributed by atoms with Crippen LogP contribution in [0.5, 0.6) is 0 Å². The molecule has 2 nitrogen and oxygen atoms in total. The molecule has 0 radical (unpaired) electrons. The highest BCUT2D eigenvalue weighted by Crippen LogP contribution is 2.35. The largest absolute Gasteiger partial charge is 0.389 e. The van der Waals surface area contributed by atoms with Gasteiger partial charge in [-0.15, -0.1) is 24.8 Å². The van der Waals surface area contributed by atoms with Gasteiger partial charge in [-0.25, -0.2) is 0 Å². The molecule has 0 aromatic heterocycles. The Hall–Kier alpha value is -0.490. The quantitative estimate of drug-likeness (QED) is 0.803. The maximum absolute atomic E-state index is 12.7. The zero-order valence-corrected chi connectivity index (χ0v) is 16.0. The number of aryl methyl sites for hydroxylation is 3. The van der Waals surface area contributed by atoms with Crippen LogP contribution in [0.15, 0.2) is 12.1 Å². The van der Waals surface area contributed by atoms with Crippen LogP contribution in [-0.2, 0) is 0 Å². The van der Waals surface area contributed by atoms with E-state index in [9.17, 15) is 13.2 Å². The normalized spacial score (nSPS) is 16.9. The molecule has 1 atom stereocenters. The highest BCUT2D eigenvalue weighted by Gasteiger charge is 2.32. The monoisotopic (exact) mass is 386 g/mol. The fourth-order valence-corrected chi connectivity index (χ4v) is 3.52. The lowest BCUT2D eigenvalue weighted by molar-refractivity contribution is -0.138. The van der Waals surface area contributed by atoms with Gasteiger partial charge in [0, 0.05) is 38.6 Å². The van der Waals surface area contributed by atoms with Crippen molar-refractivity contribution in [3.8, 4) is 0 Å². The molecule has 1 aliphatic rings. The minimum Gasteiger partial charge on any atom is -0.314 e. The van der Waals surface area contributed by atoms with E-state index in [0.717, 1.165) is 48.4 Å². The number of nitrogens with one attached hydrogen (secondary N) is 1. The van der Waals surface area contributed by atoms with Crippen molar-refractivity contribution < 1.29 is 13.2 Å². The number of rotatable bonds is 4. The van der Waals surface area contributed by atoms with Gasteiger partial charge >= 0.3 is 6.18 Å². The molecule has 1 aliphatic heterocycles. The van der Waals surface area contributed by atoms with Gasteiger partial charge in [0.15, 0.2) is 0 Å². The van der Waals surface area contributed by atoms with Crippen molar-refractivity contribution in [3.05, 3.63) is 34.4 Å². The Morgan fingerprint density at radius 1 is 1.04 bits per heavy atom. The van der Waals surface area contributed by atoms with Crippen LogP contribution in [-0.4, -0.2) is 37.3 Å². The first-order valence-electron chi connectivity index (χ1n) is 7.87. The second kappa shape index (κ2) is 9.85. The maximum atomic E-state index is 12.7. The summed E-state index contributed by atoms with van der Waals surface area (Å²) in [5.74, 6) is 0. The van der Waals surface area contributed by atoms with E-state index in [0.29, 0.717) is 0 Å². The van der Waals surface area contributed by atoms with E-state index in [-0.39, 0.29) is 37.3 Å². The van der Waals surface area contributed by atoms with E-state index in [1.807, 2.05) is 20.8 Å². The molecule has 7 heteroatoms. The predicted octanol–water partition coefficient (Wildman–Crippen LogP) is 4.74. The van der Waals surface area contributed by atoms with Gasteiger partial charge in [-0.3, -0.25) is 4.90 Å². The van der Waals surface area contributed by atoms with Gasteiger partial charge in [0.25, 0.3) is 0 Å². The highest BCUT2D eigenvalue weighted by atomic mass is 35.5. The highest BCUT2D eigenvalue weighted by molar-refractivity contribution is 5.85. The van der Waals surface area contributed by atoms with Gasteiger partial charge in [0.2, 0.25) is 0 Å². The minimum atomic E-state index is -4.10. The van der Waals surface area contributed by atoms with Gasteiger partial charge in [-0.1, -0.05) is 17.7 Å². The van der Waals surface area contributed by atoms with Gasteiger partial charge < -0.3 is 5.32 Å². The maximum Gasteiger partial charge on any atom is 0.389 e. The molecular weight excluding hydrogens is 360 g/mol. The third-order valence-corrected chi connectivity index (χ3v) is 4.36. The van der Waals surface area contributed by atoms with Crippen LogP contribution in [0.2, 0.25) is 0 Å². The Morgan fingerprint density at radius 3 is 2.00 bits per heavy atom. The molecular formula is C17H27Cl2F3N2. The number of hydrogen-bond donors (Lipinski definition) is 1. The summed E-state index contributed by atoms with van der Waals surface area (Å²) in [5, 5.41) is 3.27. The molecule has 1 aromatic rings. The van der Waals surface area contributed by atoms with E-state index in [1.54, 1.807) is 0 Å². The van der Waals surface area contributed by atoms with Crippen LogP contribution in [0, 0.1) is 20.8 Å². The van der Waals surface area contributed by atoms with Gasteiger partial charge in [-0.05, 0) is 43.9 Å². The predicted molar refractivity (Wildman–Crippen MR) is 97.6 cm³/mol. The lowest BCUT2D eigenvalue weighted by Gasteiger charge is -2.37. The van der Waals surface area contributed by atoms with Crippen molar-refractivity contribution in [3.63, 3.8) is 0 Å². The second-order valence-electron chi connectivity index (χ2n) is 6.27. The SMILES string of the molecule is Cc1cc(C)c([C@H](CCC(F)(F)F)N2CCNCC2)c(C)c1.Cl.Cl. The lowest BCUT2D eigenvalue weighted by atomic mass is 9.90. The topological polar surface area (TPSA) is 15.3 Å². The first-order valence-corrected chi connectivity index (χ1v) is 7.87. The summed E-state index contributed by atoms with van der Waals surface area (Å²) in [7, 11) is 0. The molecule has 24 heavy (non-hydrogen) atoms. The lowest BCUT2D eigenvalue weighted by Crippen LogP contribution is -2.45. The molecule has 140 valence electrons. The molecule has 0 unspecified atom stereocenters. The number of alkyl halides is 3. The van der Waals surface area contributed by atoms with Gasteiger partial charge in [-0.2, -0.15) is 13.2 Å². The molecule has 0 saturated carbocycles. The van der Waals surface area contributed by atoms with Gasteiger partial charge in [0.05, 0.1) is 0 Å². The summed E-state index contributed by atoms with van der Waals surface area (Å²) in [4.78, 5) is 2.20. The number of halogens is 5. The summed E-state index contributed by atoms with van der Waals surface area (Å²) in [6.45, 7) is 9.33. The molecule has 0 bridgehead atoms. The van der Waals surface area contributed by atoms with Crippen molar-refractivity contribution in [2.45, 2.75) is 45.8 Å². The molecule has 2 rings (SSSR count). The Bertz CT molecular complexity index is 492. The van der Waals surface area contributed by atoms with Crippen LogP contribution in [0.3, 0.4) is 0 Å². The second-order valence-corrected chi connectivity index (χ2v) is 6.27. The summed E-state index contributed by atoms with van der Waals surface area (Å²) in [5.41, 5.74) is 4.44. The molecule has 0 amide bonds. The third-order valence-electron chi connectivity index (χ3n) is 4.36. The molecule has 0 aliphatic carbocycles. The Morgan fingerprint density at radius 2 is 1.54 bits per heavy atom. The fourth-order valence-electron chi connectivity index (χ4n) is 3.52. The number of hydrogen-bond acceptors (Lipinski definition) is 2. The Kier molecular flexibility index (Phi) is 9.65. The number of piperazine rings is 1. The van der Waals surface area contributed by atoms with Crippen LogP contribution >= 0.6 is 24.8 Å². The van der Waals surface area contributed by atoms with Crippen LogP contribution in [0.1, 0.15) is 41.1 Å². The summed E-state index contributed by atoms with van der Waals surface area (Å²) < 4.78 is 38.2. The fraction of sp³-hybridized carbons (Fsp3) is 0.647. The number of benzene rings is 1. The first-order chi connectivity index (χ1) is 10.3. The smallest absolute Gasteiger partial charge is 0.314 e. The van der Waals surface area contributed by atoms with E-state index in [1.165, 1.54) is 0 Å². The zero-order valence-electron chi connectivity index (χ0n) is 14.4. The average molecular weight is 387 g/mol. The number of nitrogens with zero attached hydrogens (tertiary/aromatic N) is 1. The van der Waals surface area contributed by atoms with Crippen LogP contribution in [0.25, 0.3) is 0 Å². The molecule has 1 aromatic carbocycles. The van der Waals surface area contributed by atoms with E-state index in [2.05, 4.69) is 22.3 Å². The van der Waals surface area contributed by atoms with Crippen molar-refractivity contribution in [1.29, 1.82) is 0 Å². The molecule has 1 fully saturated rings. The van der Waals surface area contributed by atoms with Crippen molar-refractivity contribution in [2.75, 3.05) is 26.2 Å². The third kappa shape index (κ3) is 6.43. The van der Waals surface area contributed by atoms with E-state index >= 15 is 0 Å². The first kappa shape index (κ1) is 23.5. The van der Waals surface area contributed by atoms with Crippen LogP contribution < -0.4 is 5.32 Å². The molecule has 1 N–H and O–H groups in total. The molecule has 0 spiro atoms. The van der Waals surface area contributed by atoms with Crippen molar-refractivity contribution >= 4 is 24.8 Å². The van der Waals surface area contributed by atoms with E-state index < -0.39 is 12.6 Å². The summed E-state index contributed by atoms with van der Waals surface area (Å²) in [6, 6.07) is 4.00. The van der Waals surface area contributed by atoms with Crippen LogP contribution in [0.4, 0.5) is 13.2 Å². The van der Waals surface area contributed by atoms with Crippen molar-refractivity contribution in [1.82, 2.24) is 10.2 Å². The van der Waals surface area contributed by atoms with Gasteiger partial charge in [0.1, 0.15) is 0 Å². The molecule has 1 saturated heterocycles.